The van der Waals surface area contributed by atoms with Crippen LogP contribution >= 0.6 is 0 Å². The summed E-state index contributed by atoms with van der Waals surface area (Å²) in [6.07, 6.45) is 1.41. The van der Waals surface area contributed by atoms with Crippen molar-refractivity contribution in [3.05, 3.63) is 102 Å². The molecule has 28 heavy (non-hydrogen) atoms. The van der Waals surface area contributed by atoms with Crippen molar-refractivity contribution in [2.75, 3.05) is 0 Å². The first kappa shape index (κ1) is 18.4. The van der Waals surface area contributed by atoms with E-state index in [0.717, 1.165) is 28.8 Å². The van der Waals surface area contributed by atoms with E-state index in [1.807, 2.05) is 79.7 Å². The van der Waals surface area contributed by atoms with Gasteiger partial charge in [-0.05, 0) is 43.0 Å². The van der Waals surface area contributed by atoms with E-state index < -0.39 is 10.0 Å². The minimum atomic E-state index is -3.77. The summed E-state index contributed by atoms with van der Waals surface area (Å²) in [7, 11) is -3.77. The number of hydrazone groups is 1. The van der Waals surface area contributed by atoms with E-state index in [1.54, 1.807) is 12.1 Å². The molecule has 0 saturated heterocycles. The predicted molar refractivity (Wildman–Crippen MR) is 112 cm³/mol. The standard InChI is InChI=1S/C23H22N2O2S/c1-18-12-14-21(15-13-18)28(26,27)25-23(20-10-6-3-7-11-20)17-16-22(24-25)19-8-4-2-5-9-19/h2-15,23H,16-17H2,1H3. The molecule has 1 aliphatic rings. The Balaban J connectivity index is 1.82. The second kappa shape index (κ2) is 7.60. The van der Waals surface area contributed by atoms with Gasteiger partial charge in [-0.15, -0.1) is 0 Å². The van der Waals surface area contributed by atoms with Crippen molar-refractivity contribution in [2.45, 2.75) is 30.7 Å². The van der Waals surface area contributed by atoms with Crippen molar-refractivity contribution in [3.63, 3.8) is 0 Å². The SMILES string of the molecule is Cc1ccc(S(=O)(=O)N2N=C(c3ccccc3)CCC2c2ccccc2)cc1. The smallest absolute Gasteiger partial charge is 0.200 e. The maximum atomic E-state index is 13.5. The zero-order valence-electron chi connectivity index (χ0n) is 15.7. The van der Waals surface area contributed by atoms with Gasteiger partial charge < -0.3 is 0 Å². The van der Waals surface area contributed by atoms with Crippen molar-refractivity contribution in [1.29, 1.82) is 0 Å². The lowest BCUT2D eigenvalue weighted by Gasteiger charge is -2.33. The Labute approximate surface area is 166 Å². The van der Waals surface area contributed by atoms with Crippen molar-refractivity contribution in [3.8, 4) is 0 Å². The summed E-state index contributed by atoms with van der Waals surface area (Å²) in [5.41, 5.74) is 3.72. The van der Waals surface area contributed by atoms with E-state index >= 15 is 0 Å². The van der Waals surface area contributed by atoms with Crippen molar-refractivity contribution >= 4 is 15.7 Å². The molecule has 0 aromatic heterocycles. The van der Waals surface area contributed by atoms with Gasteiger partial charge in [0.15, 0.2) is 0 Å². The lowest BCUT2D eigenvalue weighted by molar-refractivity contribution is 0.309. The molecule has 1 unspecified atom stereocenters. The normalized spacial score (nSPS) is 17.2. The van der Waals surface area contributed by atoms with E-state index in [9.17, 15) is 8.42 Å². The molecule has 0 fully saturated rings. The van der Waals surface area contributed by atoms with Gasteiger partial charge in [-0.2, -0.15) is 17.9 Å². The topological polar surface area (TPSA) is 49.7 Å². The van der Waals surface area contributed by atoms with E-state index in [1.165, 1.54) is 4.41 Å². The van der Waals surface area contributed by atoms with E-state index in [0.29, 0.717) is 6.42 Å². The van der Waals surface area contributed by atoms with Gasteiger partial charge in [-0.3, -0.25) is 0 Å². The molecule has 1 heterocycles. The fourth-order valence-corrected chi connectivity index (χ4v) is 4.93. The molecule has 5 heteroatoms. The molecule has 0 bridgehead atoms. The summed E-state index contributed by atoms with van der Waals surface area (Å²) >= 11 is 0. The summed E-state index contributed by atoms with van der Waals surface area (Å²) in [6.45, 7) is 1.94. The van der Waals surface area contributed by atoms with Gasteiger partial charge in [0.1, 0.15) is 0 Å². The lowest BCUT2D eigenvalue weighted by Crippen LogP contribution is -2.35. The first-order valence-corrected chi connectivity index (χ1v) is 10.8. The summed E-state index contributed by atoms with van der Waals surface area (Å²) in [4.78, 5) is 0.261. The van der Waals surface area contributed by atoms with Gasteiger partial charge in [0.25, 0.3) is 10.0 Å². The van der Waals surface area contributed by atoms with Gasteiger partial charge in [0.05, 0.1) is 16.6 Å². The summed E-state index contributed by atoms with van der Waals surface area (Å²) in [5, 5.41) is 4.64. The van der Waals surface area contributed by atoms with Gasteiger partial charge in [-0.25, -0.2) is 0 Å². The van der Waals surface area contributed by atoms with Crippen LogP contribution in [0.15, 0.2) is 94.9 Å². The summed E-state index contributed by atoms with van der Waals surface area (Å²) < 4.78 is 28.3. The Bertz CT molecular complexity index is 1080. The number of rotatable bonds is 4. The molecule has 3 aromatic rings. The van der Waals surface area contributed by atoms with Crippen molar-refractivity contribution in [2.24, 2.45) is 5.10 Å². The first-order chi connectivity index (χ1) is 13.6. The highest BCUT2D eigenvalue weighted by molar-refractivity contribution is 7.89. The fraction of sp³-hybridized carbons (Fsp3) is 0.174. The average Bonchev–Trinajstić information content (AvgIpc) is 2.75. The molecule has 142 valence electrons. The highest BCUT2D eigenvalue weighted by Crippen LogP contribution is 2.35. The lowest BCUT2D eigenvalue weighted by atomic mass is 9.97. The van der Waals surface area contributed by atoms with Crippen LogP contribution < -0.4 is 0 Å². The fourth-order valence-electron chi connectivity index (χ4n) is 3.46. The number of aryl methyl sites for hydroxylation is 1. The van der Waals surface area contributed by atoms with Crippen LogP contribution in [0.2, 0.25) is 0 Å². The van der Waals surface area contributed by atoms with Crippen LogP contribution in [0.25, 0.3) is 0 Å². The third-order valence-electron chi connectivity index (χ3n) is 5.00. The first-order valence-electron chi connectivity index (χ1n) is 9.35. The second-order valence-corrected chi connectivity index (χ2v) is 8.76. The van der Waals surface area contributed by atoms with Gasteiger partial charge in [-0.1, -0.05) is 78.4 Å². The van der Waals surface area contributed by atoms with Crippen LogP contribution in [-0.2, 0) is 10.0 Å². The van der Waals surface area contributed by atoms with Crippen LogP contribution in [0, 0.1) is 6.92 Å². The largest absolute Gasteiger partial charge is 0.279 e. The van der Waals surface area contributed by atoms with Crippen LogP contribution in [0.1, 0.15) is 35.6 Å². The van der Waals surface area contributed by atoms with Crippen molar-refractivity contribution < 1.29 is 8.42 Å². The molecule has 0 saturated carbocycles. The zero-order chi connectivity index (χ0) is 19.6. The molecule has 3 aromatic carbocycles. The monoisotopic (exact) mass is 390 g/mol. The third kappa shape index (κ3) is 3.58. The highest BCUT2D eigenvalue weighted by atomic mass is 32.2. The molecule has 0 aliphatic carbocycles. The second-order valence-electron chi connectivity index (χ2n) is 6.97. The molecular formula is C23H22N2O2S. The molecule has 0 radical (unpaired) electrons. The number of sulfonamides is 1. The Hall–Kier alpha value is -2.92. The summed E-state index contributed by atoms with van der Waals surface area (Å²) in [5.74, 6) is 0. The molecular weight excluding hydrogens is 368 g/mol. The molecule has 4 nitrogen and oxygen atoms in total. The number of hydrogen-bond acceptors (Lipinski definition) is 3. The minimum Gasteiger partial charge on any atom is -0.200 e. The van der Waals surface area contributed by atoms with Gasteiger partial charge >= 0.3 is 0 Å². The van der Waals surface area contributed by atoms with E-state index in [4.69, 9.17) is 0 Å². The van der Waals surface area contributed by atoms with Crippen molar-refractivity contribution in [1.82, 2.24) is 4.41 Å². The Morgan fingerprint density at radius 1 is 0.857 bits per heavy atom. The van der Waals surface area contributed by atoms with E-state index in [2.05, 4.69) is 5.10 Å². The molecule has 0 N–H and O–H groups in total. The maximum Gasteiger partial charge on any atom is 0.279 e. The molecule has 1 atom stereocenters. The maximum absolute atomic E-state index is 13.5. The zero-order valence-corrected chi connectivity index (χ0v) is 16.5. The summed E-state index contributed by atoms with van der Waals surface area (Å²) in [6, 6.07) is 26.1. The Morgan fingerprint density at radius 3 is 2.11 bits per heavy atom. The molecule has 0 amide bonds. The highest BCUT2D eigenvalue weighted by Gasteiger charge is 2.35. The number of benzene rings is 3. The molecule has 4 rings (SSSR count). The third-order valence-corrected chi connectivity index (χ3v) is 6.69. The number of nitrogens with zero attached hydrogens (tertiary/aromatic N) is 2. The van der Waals surface area contributed by atoms with Crippen LogP contribution in [0.5, 0.6) is 0 Å². The molecule has 1 aliphatic heterocycles. The number of hydrogen-bond donors (Lipinski definition) is 0. The molecule has 0 spiro atoms. The van der Waals surface area contributed by atoms with Crippen LogP contribution in [0.3, 0.4) is 0 Å². The van der Waals surface area contributed by atoms with Crippen LogP contribution in [0.4, 0.5) is 0 Å². The van der Waals surface area contributed by atoms with Gasteiger partial charge in [0.2, 0.25) is 0 Å². The minimum absolute atomic E-state index is 0.261. The van der Waals surface area contributed by atoms with Gasteiger partial charge in [0, 0.05) is 0 Å². The Morgan fingerprint density at radius 2 is 1.46 bits per heavy atom. The quantitative estimate of drug-likeness (QED) is 0.634. The van der Waals surface area contributed by atoms with E-state index in [-0.39, 0.29) is 10.9 Å². The predicted octanol–water partition coefficient (Wildman–Crippen LogP) is 4.93. The average molecular weight is 391 g/mol. The Kier molecular flexibility index (Phi) is 5.01. The van der Waals surface area contributed by atoms with Crippen LogP contribution in [-0.4, -0.2) is 18.5 Å².